The first-order chi connectivity index (χ1) is 12.5. The van der Waals surface area contributed by atoms with Crippen molar-refractivity contribution in [2.75, 3.05) is 0 Å². The molecule has 0 aliphatic heterocycles. The molecule has 6 heteroatoms. The molecule has 5 nitrogen and oxygen atoms in total. The van der Waals surface area contributed by atoms with E-state index in [1.807, 2.05) is 43.3 Å². The van der Waals surface area contributed by atoms with Crippen molar-refractivity contribution in [1.82, 2.24) is 10.3 Å². The standard InChI is InChI=1S/C20H19BrN2O3/c1-13-18(19(21)14(2)26-13)20(24)23-11-15-5-7-17(8-6-15)25-12-16-4-3-9-22-10-16/h3-10H,11-12H2,1-2H3,(H,23,24). The van der Waals surface area contributed by atoms with Gasteiger partial charge in [-0.25, -0.2) is 0 Å². The Labute approximate surface area is 160 Å². The molecule has 26 heavy (non-hydrogen) atoms. The number of benzene rings is 1. The maximum absolute atomic E-state index is 12.4. The number of nitrogens with one attached hydrogen (secondary N) is 1. The summed E-state index contributed by atoms with van der Waals surface area (Å²) >= 11 is 3.40. The van der Waals surface area contributed by atoms with Crippen molar-refractivity contribution in [3.05, 3.63) is 81.5 Å². The zero-order valence-electron chi connectivity index (χ0n) is 14.6. The second kappa shape index (κ2) is 8.19. The lowest BCUT2D eigenvalue weighted by atomic mass is 10.2. The van der Waals surface area contributed by atoms with Crippen LogP contribution in [0.1, 0.15) is 33.0 Å². The molecule has 3 aromatic rings. The number of amides is 1. The number of rotatable bonds is 6. The first kappa shape index (κ1) is 18.2. The highest BCUT2D eigenvalue weighted by Gasteiger charge is 2.19. The minimum Gasteiger partial charge on any atom is -0.489 e. The van der Waals surface area contributed by atoms with E-state index >= 15 is 0 Å². The van der Waals surface area contributed by atoms with Crippen LogP contribution in [0.2, 0.25) is 0 Å². The predicted octanol–water partition coefficient (Wildman–Crippen LogP) is 4.56. The minimum atomic E-state index is -0.164. The summed E-state index contributed by atoms with van der Waals surface area (Å²) in [6.45, 7) is 4.49. The van der Waals surface area contributed by atoms with E-state index < -0.39 is 0 Å². The van der Waals surface area contributed by atoms with Crippen LogP contribution < -0.4 is 10.1 Å². The number of pyridine rings is 1. The zero-order valence-corrected chi connectivity index (χ0v) is 16.2. The summed E-state index contributed by atoms with van der Waals surface area (Å²) in [6, 6.07) is 11.5. The summed E-state index contributed by atoms with van der Waals surface area (Å²) in [7, 11) is 0. The van der Waals surface area contributed by atoms with Crippen LogP contribution in [-0.4, -0.2) is 10.9 Å². The highest BCUT2D eigenvalue weighted by atomic mass is 79.9. The summed E-state index contributed by atoms with van der Waals surface area (Å²) in [5, 5.41) is 2.91. The van der Waals surface area contributed by atoms with Gasteiger partial charge in [0.25, 0.3) is 5.91 Å². The molecule has 2 heterocycles. The van der Waals surface area contributed by atoms with Crippen molar-refractivity contribution in [2.45, 2.75) is 27.0 Å². The van der Waals surface area contributed by atoms with E-state index in [1.165, 1.54) is 0 Å². The minimum absolute atomic E-state index is 0.164. The number of carbonyl (C=O) groups excluding carboxylic acids is 1. The van der Waals surface area contributed by atoms with E-state index in [4.69, 9.17) is 9.15 Å². The lowest BCUT2D eigenvalue weighted by Crippen LogP contribution is -2.23. The Kier molecular flexibility index (Phi) is 5.73. The third kappa shape index (κ3) is 4.32. The summed E-state index contributed by atoms with van der Waals surface area (Å²) in [5.41, 5.74) is 2.54. The van der Waals surface area contributed by atoms with Crippen LogP contribution in [0.3, 0.4) is 0 Å². The van der Waals surface area contributed by atoms with E-state index in [0.29, 0.717) is 34.7 Å². The molecule has 0 unspecified atom stereocenters. The van der Waals surface area contributed by atoms with Crippen molar-refractivity contribution in [1.29, 1.82) is 0 Å². The number of hydrogen-bond donors (Lipinski definition) is 1. The maximum Gasteiger partial charge on any atom is 0.256 e. The number of carbonyl (C=O) groups is 1. The topological polar surface area (TPSA) is 64.4 Å². The van der Waals surface area contributed by atoms with Crippen LogP contribution in [0, 0.1) is 13.8 Å². The van der Waals surface area contributed by atoms with Crippen LogP contribution in [0.4, 0.5) is 0 Å². The number of furan rings is 1. The van der Waals surface area contributed by atoms with Gasteiger partial charge in [0.2, 0.25) is 0 Å². The van der Waals surface area contributed by atoms with E-state index in [1.54, 1.807) is 19.3 Å². The molecule has 0 aliphatic carbocycles. The smallest absolute Gasteiger partial charge is 0.256 e. The summed E-state index contributed by atoms with van der Waals surface area (Å²) in [5.74, 6) is 1.91. The quantitative estimate of drug-likeness (QED) is 0.641. The fourth-order valence-electron chi connectivity index (χ4n) is 2.54. The van der Waals surface area contributed by atoms with Crippen molar-refractivity contribution in [2.24, 2.45) is 0 Å². The SMILES string of the molecule is Cc1oc(C)c(C(=O)NCc2ccc(OCc3cccnc3)cc2)c1Br. The molecule has 0 bridgehead atoms. The highest BCUT2D eigenvalue weighted by molar-refractivity contribution is 9.10. The molecule has 1 aromatic carbocycles. The molecule has 1 N–H and O–H groups in total. The Morgan fingerprint density at radius 1 is 1.15 bits per heavy atom. The number of aromatic nitrogens is 1. The maximum atomic E-state index is 12.4. The summed E-state index contributed by atoms with van der Waals surface area (Å²) in [4.78, 5) is 16.4. The normalized spacial score (nSPS) is 10.6. The van der Waals surface area contributed by atoms with Crippen molar-refractivity contribution >= 4 is 21.8 Å². The van der Waals surface area contributed by atoms with Gasteiger partial charge >= 0.3 is 0 Å². The highest BCUT2D eigenvalue weighted by Crippen LogP contribution is 2.27. The number of hydrogen-bond acceptors (Lipinski definition) is 4. The third-order valence-electron chi connectivity index (χ3n) is 3.92. The molecule has 1 amide bonds. The van der Waals surface area contributed by atoms with Crippen LogP contribution in [0.15, 0.2) is 57.7 Å². The van der Waals surface area contributed by atoms with Gasteiger partial charge in [-0.3, -0.25) is 9.78 Å². The van der Waals surface area contributed by atoms with Crippen molar-refractivity contribution < 1.29 is 13.9 Å². The Morgan fingerprint density at radius 2 is 1.92 bits per heavy atom. The van der Waals surface area contributed by atoms with Crippen LogP contribution in [0.5, 0.6) is 5.75 Å². The first-order valence-corrected chi connectivity index (χ1v) is 8.98. The average molecular weight is 415 g/mol. The van der Waals surface area contributed by atoms with Gasteiger partial charge in [-0.1, -0.05) is 18.2 Å². The fraction of sp³-hybridized carbons (Fsp3) is 0.200. The molecule has 0 fully saturated rings. The first-order valence-electron chi connectivity index (χ1n) is 8.19. The second-order valence-electron chi connectivity index (χ2n) is 5.88. The molecule has 0 spiro atoms. The molecule has 2 aromatic heterocycles. The Balaban J connectivity index is 1.55. The summed E-state index contributed by atoms with van der Waals surface area (Å²) in [6.07, 6.45) is 3.51. The van der Waals surface area contributed by atoms with E-state index in [0.717, 1.165) is 16.9 Å². The van der Waals surface area contributed by atoms with Gasteiger partial charge in [0.05, 0.1) is 10.0 Å². The van der Waals surface area contributed by atoms with Crippen LogP contribution in [-0.2, 0) is 13.2 Å². The largest absolute Gasteiger partial charge is 0.489 e. The van der Waals surface area contributed by atoms with Gasteiger partial charge < -0.3 is 14.5 Å². The molecule has 0 saturated heterocycles. The lowest BCUT2D eigenvalue weighted by Gasteiger charge is -2.08. The molecule has 3 rings (SSSR count). The van der Waals surface area contributed by atoms with Gasteiger partial charge in [-0.2, -0.15) is 0 Å². The molecule has 0 aliphatic rings. The molecular weight excluding hydrogens is 396 g/mol. The molecule has 0 saturated carbocycles. The molecule has 0 atom stereocenters. The Bertz CT molecular complexity index is 889. The second-order valence-corrected chi connectivity index (χ2v) is 6.67. The third-order valence-corrected chi connectivity index (χ3v) is 4.87. The zero-order chi connectivity index (χ0) is 18.5. The van der Waals surface area contributed by atoms with E-state index in [-0.39, 0.29) is 5.91 Å². The number of nitrogens with zero attached hydrogens (tertiary/aromatic N) is 1. The molecule has 0 radical (unpaired) electrons. The fourth-order valence-corrected chi connectivity index (χ4v) is 3.08. The predicted molar refractivity (Wildman–Crippen MR) is 102 cm³/mol. The van der Waals surface area contributed by atoms with Gasteiger partial charge in [0, 0.05) is 24.5 Å². The molecular formula is C20H19BrN2O3. The van der Waals surface area contributed by atoms with Gasteiger partial charge in [-0.05, 0) is 53.5 Å². The van der Waals surface area contributed by atoms with Crippen LogP contribution in [0.25, 0.3) is 0 Å². The van der Waals surface area contributed by atoms with E-state index in [2.05, 4.69) is 26.2 Å². The number of ether oxygens (including phenoxy) is 1. The number of halogens is 1. The number of aryl methyl sites for hydroxylation is 2. The lowest BCUT2D eigenvalue weighted by molar-refractivity contribution is 0.0948. The van der Waals surface area contributed by atoms with Gasteiger partial charge in [0.15, 0.2) is 0 Å². The average Bonchev–Trinajstić information content (AvgIpc) is 2.91. The molecule has 134 valence electrons. The van der Waals surface area contributed by atoms with Crippen LogP contribution >= 0.6 is 15.9 Å². The van der Waals surface area contributed by atoms with E-state index in [9.17, 15) is 4.79 Å². The Morgan fingerprint density at radius 3 is 2.54 bits per heavy atom. The Hall–Kier alpha value is -2.60. The van der Waals surface area contributed by atoms with Gasteiger partial charge in [-0.15, -0.1) is 0 Å². The van der Waals surface area contributed by atoms with Crippen molar-refractivity contribution in [3.63, 3.8) is 0 Å². The van der Waals surface area contributed by atoms with Crippen molar-refractivity contribution in [3.8, 4) is 5.75 Å². The monoisotopic (exact) mass is 414 g/mol. The summed E-state index contributed by atoms with van der Waals surface area (Å²) < 4.78 is 11.9. The van der Waals surface area contributed by atoms with Gasteiger partial charge in [0.1, 0.15) is 23.9 Å².